The number of nitrogens with zero attached hydrogens (tertiary/aromatic N) is 2. The average Bonchev–Trinajstić information content (AvgIpc) is 3.60. The van der Waals surface area contributed by atoms with Gasteiger partial charge in [-0.1, -0.05) is 81.4 Å². The number of hydrogen-bond donors (Lipinski definition) is 2. The second-order valence-corrected chi connectivity index (χ2v) is 14.2. The molecule has 0 bridgehead atoms. The number of alkyl halides is 3. The van der Waals surface area contributed by atoms with Crippen molar-refractivity contribution >= 4 is 29.0 Å². The zero-order chi connectivity index (χ0) is 36.2. The molecule has 50 heavy (non-hydrogen) atoms. The van der Waals surface area contributed by atoms with Crippen LogP contribution in [-0.4, -0.2) is 38.8 Å². The molecule has 258 valence electrons. The van der Waals surface area contributed by atoms with E-state index in [0.29, 0.717) is 21.8 Å². The number of nitrogens with one attached hydrogen (secondary N) is 1. The van der Waals surface area contributed by atoms with E-state index in [-0.39, 0.29) is 24.0 Å². The van der Waals surface area contributed by atoms with Gasteiger partial charge in [0.25, 0.3) is 0 Å². The van der Waals surface area contributed by atoms with Crippen molar-refractivity contribution in [2.45, 2.75) is 58.2 Å². The molecule has 0 aliphatic carbocycles. The third kappa shape index (κ3) is 8.89. The summed E-state index contributed by atoms with van der Waals surface area (Å²) in [5.74, 6) is -2.17. The molecule has 0 fully saturated rings. The van der Waals surface area contributed by atoms with Crippen molar-refractivity contribution in [2.75, 3.05) is 0 Å². The summed E-state index contributed by atoms with van der Waals surface area (Å²) in [5.41, 5.74) is 3.34. The van der Waals surface area contributed by atoms with Gasteiger partial charge in [-0.25, -0.2) is 9.97 Å². The van der Waals surface area contributed by atoms with E-state index in [1.165, 1.54) is 24.3 Å². The summed E-state index contributed by atoms with van der Waals surface area (Å²) in [6, 6.07) is 22.2. The monoisotopic (exact) mass is 699 g/mol. The molecule has 5 rings (SSSR count). The van der Waals surface area contributed by atoms with E-state index in [9.17, 15) is 32.7 Å². The van der Waals surface area contributed by atoms with Crippen LogP contribution in [-0.2, 0) is 27.6 Å². The Hall–Kier alpha value is -5.16. The quantitative estimate of drug-likeness (QED) is 0.133. The summed E-state index contributed by atoms with van der Waals surface area (Å²) in [5, 5.41) is 11.8. The maximum Gasteiger partial charge on any atom is 0.416 e. The van der Waals surface area contributed by atoms with Crippen LogP contribution in [0.1, 0.15) is 59.8 Å². The third-order valence-electron chi connectivity index (χ3n) is 8.24. The zero-order valence-electron chi connectivity index (χ0n) is 27.9. The minimum absolute atomic E-state index is 0.0739. The molecule has 0 saturated heterocycles. The van der Waals surface area contributed by atoms with Crippen LogP contribution in [0.2, 0.25) is 0 Å². The molecule has 2 aromatic heterocycles. The highest BCUT2D eigenvalue weighted by Crippen LogP contribution is 2.33. The van der Waals surface area contributed by atoms with Crippen LogP contribution in [0, 0.1) is 5.92 Å². The Balaban J connectivity index is 1.28. The lowest BCUT2D eigenvalue weighted by Gasteiger charge is -2.18. The fourth-order valence-electron chi connectivity index (χ4n) is 5.30. The number of Topliss-reactive ketones (excluding diaryl/α,β-unsaturated/α-hetero) is 1. The molecule has 11 heteroatoms. The van der Waals surface area contributed by atoms with Gasteiger partial charge in [-0.2, -0.15) is 13.2 Å². The minimum atomic E-state index is -4.42. The molecular formula is C39H36F3N3O4S. The summed E-state index contributed by atoms with van der Waals surface area (Å²) >= 11 is 1.40. The van der Waals surface area contributed by atoms with Gasteiger partial charge in [0.1, 0.15) is 6.04 Å². The molecule has 2 N–H and O–H groups in total. The second-order valence-electron chi connectivity index (χ2n) is 13.2. The fourth-order valence-corrected chi connectivity index (χ4v) is 6.31. The number of aliphatic carboxylic acids is 1. The van der Waals surface area contributed by atoms with E-state index in [1.54, 1.807) is 48.8 Å². The Morgan fingerprint density at radius 1 is 0.800 bits per heavy atom. The first-order valence-corrected chi connectivity index (χ1v) is 16.8. The van der Waals surface area contributed by atoms with Crippen molar-refractivity contribution in [1.29, 1.82) is 0 Å². The predicted octanol–water partition coefficient (Wildman–Crippen LogP) is 8.88. The van der Waals surface area contributed by atoms with Crippen molar-refractivity contribution in [3.05, 3.63) is 118 Å². The molecule has 0 radical (unpaired) electrons. The second kappa shape index (κ2) is 14.8. The van der Waals surface area contributed by atoms with Crippen molar-refractivity contribution in [1.82, 2.24) is 15.3 Å². The summed E-state index contributed by atoms with van der Waals surface area (Å²) < 4.78 is 39.5. The molecule has 0 saturated carbocycles. The van der Waals surface area contributed by atoms with Gasteiger partial charge in [-0.3, -0.25) is 14.4 Å². The number of aromatic nitrogens is 2. The van der Waals surface area contributed by atoms with Gasteiger partial charge >= 0.3 is 12.1 Å². The Morgan fingerprint density at radius 3 is 1.96 bits per heavy atom. The van der Waals surface area contributed by atoms with Crippen molar-refractivity contribution < 1.29 is 32.7 Å². The highest BCUT2D eigenvalue weighted by molar-refractivity contribution is 7.14. The standard InChI is InChI=1S/C39H36F3N3O4S/c1-23(37(48)49)45-36(47)29(20-32(46)33-16-17-34(50-33)38(2,3)4)18-24-8-10-27(11-9-24)35-43-21-30(22-44-35)26-14-12-25(13-15-26)28-6-5-7-31(19-28)39(40,41)42/h5-17,19,21-23,29H,18,20H2,1-4H3,(H,45,47)(H,48,49)/t23-,29-/m1/s1. The van der Waals surface area contributed by atoms with Gasteiger partial charge in [0.05, 0.1) is 10.4 Å². The highest BCUT2D eigenvalue weighted by Gasteiger charge is 2.30. The average molecular weight is 700 g/mol. The number of halogens is 3. The number of carboxylic acid groups (broad SMARTS) is 1. The molecule has 2 atom stereocenters. The van der Waals surface area contributed by atoms with Crippen LogP contribution in [0.4, 0.5) is 13.2 Å². The Kier molecular flexibility index (Phi) is 10.7. The van der Waals surface area contributed by atoms with Crippen LogP contribution in [0.25, 0.3) is 33.6 Å². The van der Waals surface area contributed by atoms with Gasteiger partial charge in [0.2, 0.25) is 5.91 Å². The topological polar surface area (TPSA) is 109 Å². The molecule has 2 heterocycles. The van der Waals surface area contributed by atoms with Crippen molar-refractivity contribution in [3.8, 4) is 33.6 Å². The van der Waals surface area contributed by atoms with Gasteiger partial charge in [-0.05, 0) is 65.3 Å². The summed E-state index contributed by atoms with van der Waals surface area (Å²) in [6.07, 6.45) is -0.937. The molecule has 0 unspecified atom stereocenters. The molecular weight excluding hydrogens is 664 g/mol. The minimum Gasteiger partial charge on any atom is -0.480 e. The number of amides is 1. The Bertz CT molecular complexity index is 1980. The van der Waals surface area contributed by atoms with Gasteiger partial charge in [0.15, 0.2) is 11.6 Å². The van der Waals surface area contributed by atoms with E-state index >= 15 is 0 Å². The maximum atomic E-state index is 13.3. The van der Waals surface area contributed by atoms with E-state index in [1.807, 2.05) is 30.3 Å². The normalized spacial score (nSPS) is 13.0. The summed E-state index contributed by atoms with van der Waals surface area (Å²) in [4.78, 5) is 48.5. The number of benzene rings is 3. The number of hydrogen-bond acceptors (Lipinski definition) is 6. The lowest BCUT2D eigenvalue weighted by atomic mass is 9.92. The number of carboxylic acids is 1. The molecule has 5 aromatic rings. The number of carbonyl (C=O) groups is 3. The van der Waals surface area contributed by atoms with Crippen LogP contribution in [0.3, 0.4) is 0 Å². The predicted molar refractivity (Wildman–Crippen MR) is 188 cm³/mol. The van der Waals surface area contributed by atoms with Crippen LogP contribution in [0.15, 0.2) is 97.3 Å². The van der Waals surface area contributed by atoms with Gasteiger partial charge in [-0.15, -0.1) is 11.3 Å². The van der Waals surface area contributed by atoms with E-state index in [0.717, 1.165) is 39.3 Å². The third-order valence-corrected chi connectivity index (χ3v) is 9.79. The fraction of sp³-hybridized carbons (Fsp3) is 0.256. The summed E-state index contributed by atoms with van der Waals surface area (Å²) in [6.45, 7) is 7.57. The molecule has 0 spiro atoms. The molecule has 0 aliphatic heterocycles. The number of rotatable bonds is 11. The van der Waals surface area contributed by atoms with Gasteiger partial charge < -0.3 is 10.4 Å². The van der Waals surface area contributed by atoms with E-state index < -0.39 is 35.6 Å². The van der Waals surface area contributed by atoms with Crippen molar-refractivity contribution in [2.24, 2.45) is 5.92 Å². The number of carbonyl (C=O) groups excluding carboxylic acids is 2. The highest BCUT2D eigenvalue weighted by atomic mass is 32.1. The van der Waals surface area contributed by atoms with Crippen LogP contribution in [0.5, 0.6) is 0 Å². The first kappa shape index (κ1) is 36.1. The lowest BCUT2D eigenvalue weighted by Crippen LogP contribution is -2.42. The van der Waals surface area contributed by atoms with E-state index in [2.05, 4.69) is 36.1 Å². The molecule has 1 amide bonds. The smallest absolute Gasteiger partial charge is 0.416 e. The first-order valence-electron chi connectivity index (χ1n) is 15.9. The molecule has 7 nitrogen and oxygen atoms in total. The summed E-state index contributed by atoms with van der Waals surface area (Å²) in [7, 11) is 0. The lowest BCUT2D eigenvalue weighted by molar-refractivity contribution is -0.141. The largest absolute Gasteiger partial charge is 0.480 e. The number of thiophene rings is 1. The van der Waals surface area contributed by atoms with Gasteiger partial charge in [0, 0.05) is 40.7 Å². The van der Waals surface area contributed by atoms with Crippen LogP contribution >= 0.6 is 11.3 Å². The Labute approximate surface area is 292 Å². The molecule has 0 aliphatic rings. The first-order chi connectivity index (χ1) is 23.6. The SMILES string of the molecule is C[C@@H](NC(=O)[C@@H](CC(=O)c1ccc(C(C)(C)C)s1)Cc1ccc(-c2ncc(-c3ccc(-c4cccc(C(F)(F)F)c4)cc3)cn2)cc1)C(=O)O. The molecule has 3 aromatic carbocycles. The number of ketones is 1. The maximum absolute atomic E-state index is 13.3. The Morgan fingerprint density at radius 2 is 1.40 bits per heavy atom. The zero-order valence-corrected chi connectivity index (χ0v) is 28.7. The van der Waals surface area contributed by atoms with E-state index in [4.69, 9.17) is 0 Å². The van der Waals surface area contributed by atoms with Crippen molar-refractivity contribution in [3.63, 3.8) is 0 Å². The van der Waals surface area contributed by atoms with Crippen LogP contribution < -0.4 is 5.32 Å².